The molecule has 7 aromatic rings. The first-order valence-corrected chi connectivity index (χ1v) is 23.7. The number of aromatic amines is 2. The predicted molar refractivity (Wildman–Crippen MR) is 261 cm³/mol. The minimum atomic E-state index is 0.916. The molecule has 0 aliphatic carbocycles. The van der Waals surface area contributed by atoms with Gasteiger partial charge in [0.1, 0.15) is 26.2 Å². The van der Waals surface area contributed by atoms with Gasteiger partial charge in [-0.25, -0.2) is 9.97 Å². The SMILES string of the molecule is CCCC[n+]1ccccc1-c1c2nc(c(-c3cccc[n+]3CCCC)c3ccc([nH]3)c(-c3cccc[n+]3CCCC)c3nc(c(-c4cccc[n+]4CCCC)c4ccc1[nH]4)C=C3)C=C2. The molecule has 0 saturated carbocycles. The van der Waals surface area contributed by atoms with E-state index in [1.54, 1.807) is 0 Å². The number of aromatic nitrogens is 8. The summed E-state index contributed by atoms with van der Waals surface area (Å²) in [5.74, 6) is 0. The number of fused-ring (bicyclic) bond motifs is 8. The van der Waals surface area contributed by atoms with Gasteiger partial charge in [-0.15, -0.1) is 0 Å². The molecule has 0 radical (unpaired) electrons. The molecule has 8 heteroatoms. The highest BCUT2D eigenvalue weighted by Crippen LogP contribution is 2.36. The van der Waals surface area contributed by atoms with E-state index >= 15 is 0 Å². The Hall–Kier alpha value is -6.80. The molecule has 0 spiro atoms. The number of rotatable bonds is 16. The van der Waals surface area contributed by atoms with Crippen LogP contribution in [0.5, 0.6) is 0 Å². The van der Waals surface area contributed by atoms with Gasteiger partial charge in [0.05, 0.1) is 67.1 Å². The van der Waals surface area contributed by atoms with Gasteiger partial charge < -0.3 is 9.97 Å². The maximum atomic E-state index is 5.65. The van der Waals surface area contributed by atoms with E-state index in [-0.39, 0.29) is 0 Å². The number of hydrogen-bond donors (Lipinski definition) is 2. The molecule has 2 N–H and O–H groups in total. The predicted octanol–water partition coefficient (Wildman–Crippen LogP) is 11.7. The summed E-state index contributed by atoms with van der Waals surface area (Å²) in [6, 6.07) is 35.1. The third-order valence-electron chi connectivity index (χ3n) is 12.6. The van der Waals surface area contributed by atoms with Crippen LogP contribution in [-0.4, -0.2) is 19.9 Å². The van der Waals surface area contributed by atoms with Crippen LogP contribution < -0.4 is 18.3 Å². The van der Waals surface area contributed by atoms with E-state index in [1.807, 2.05) is 0 Å². The third kappa shape index (κ3) is 8.61. The van der Waals surface area contributed by atoms with Gasteiger partial charge in [0.2, 0.25) is 22.8 Å². The van der Waals surface area contributed by atoms with Crippen molar-refractivity contribution in [3.05, 3.63) is 145 Å². The standard InChI is InChI=1S/C56H61N8/c1-5-9-33-61-37-17-13-21-49(61)53-41-25-27-43(57-41)54(50-22-14-18-38-62(50)34-10-6-2)45-29-31-47(59-45)56(52-24-16-20-40-64(52)36-12-8-4)48-32-30-46(60-48)55(44-28-26-42(53)58-44)51-23-15-19-39-63(51)35-11-7-3/h13-32,37-40H,5-12,33-36H2,1-4H3,(H,57,58,59,60)/q+3/p+1. The number of pyridine rings is 4. The fourth-order valence-electron chi connectivity index (χ4n) is 9.19. The molecule has 7 aromatic heterocycles. The van der Waals surface area contributed by atoms with Crippen molar-refractivity contribution in [2.45, 2.75) is 105 Å². The summed E-state index contributed by atoms with van der Waals surface area (Å²) in [6.45, 7) is 12.7. The van der Waals surface area contributed by atoms with E-state index in [9.17, 15) is 0 Å². The van der Waals surface area contributed by atoms with Crippen LogP contribution in [0, 0.1) is 0 Å². The summed E-state index contributed by atoms with van der Waals surface area (Å²) in [4.78, 5) is 19.3. The second-order valence-corrected chi connectivity index (χ2v) is 17.0. The van der Waals surface area contributed by atoms with Crippen LogP contribution in [0.25, 0.3) is 91.4 Å². The monoisotopic (exact) mass is 847 g/mol. The third-order valence-corrected chi connectivity index (χ3v) is 12.6. The number of nitrogens with one attached hydrogen (secondary N) is 2. The second kappa shape index (κ2) is 19.7. The summed E-state index contributed by atoms with van der Waals surface area (Å²) in [6.07, 6.45) is 26.5. The fourth-order valence-corrected chi connectivity index (χ4v) is 9.19. The molecule has 9 rings (SSSR count). The van der Waals surface area contributed by atoms with Gasteiger partial charge in [-0.05, 0) is 72.8 Å². The van der Waals surface area contributed by atoms with Gasteiger partial charge in [0.15, 0.2) is 24.8 Å². The van der Waals surface area contributed by atoms with Gasteiger partial charge in [-0.2, -0.15) is 18.3 Å². The fraction of sp³-hybridized carbons (Fsp3) is 0.286. The van der Waals surface area contributed by atoms with Gasteiger partial charge in [-0.3, -0.25) is 0 Å². The Morgan fingerprint density at radius 2 is 0.594 bits per heavy atom. The normalized spacial score (nSPS) is 12.1. The molecule has 0 unspecified atom stereocenters. The zero-order chi connectivity index (χ0) is 43.8. The van der Waals surface area contributed by atoms with Crippen LogP contribution in [0.1, 0.15) is 102 Å². The molecule has 8 nitrogen and oxygen atoms in total. The Kier molecular flexibility index (Phi) is 13.1. The van der Waals surface area contributed by atoms with Gasteiger partial charge in [0, 0.05) is 74.2 Å². The van der Waals surface area contributed by atoms with Crippen LogP contribution in [-0.2, 0) is 26.2 Å². The van der Waals surface area contributed by atoms with Gasteiger partial charge >= 0.3 is 0 Å². The van der Waals surface area contributed by atoms with E-state index in [1.165, 1.54) is 0 Å². The first kappa shape index (κ1) is 42.5. The van der Waals surface area contributed by atoms with Crippen LogP contribution in [0.4, 0.5) is 0 Å². The zero-order valence-electron chi connectivity index (χ0n) is 38.0. The van der Waals surface area contributed by atoms with Crippen LogP contribution in [0.2, 0.25) is 0 Å². The molecule has 0 atom stereocenters. The zero-order valence-corrected chi connectivity index (χ0v) is 38.0. The molecular weight excluding hydrogens is 785 g/mol. The average molecular weight is 847 g/mol. The highest BCUT2D eigenvalue weighted by atomic mass is 15.0. The largest absolute Gasteiger partial charge is 0.354 e. The first-order valence-electron chi connectivity index (χ1n) is 23.7. The van der Waals surface area contributed by atoms with Crippen molar-refractivity contribution in [2.24, 2.45) is 0 Å². The average Bonchev–Trinajstić information content (AvgIpc) is 4.19. The molecule has 0 fully saturated rings. The Balaban J connectivity index is 1.46. The molecule has 2 aliphatic heterocycles. The molecule has 0 saturated heterocycles. The molecule has 9 heterocycles. The lowest BCUT2D eigenvalue weighted by Gasteiger charge is -2.07. The minimum Gasteiger partial charge on any atom is -0.354 e. The molecular formula is C56H62N8+4. The lowest BCUT2D eigenvalue weighted by molar-refractivity contribution is -0.686. The quantitative estimate of drug-likeness (QED) is 0.0951. The van der Waals surface area contributed by atoms with Crippen molar-refractivity contribution in [3.8, 4) is 45.0 Å². The number of nitrogens with zero attached hydrogens (tertiary/aromatic N) is 6. The van der Waals surface area contributed by atoms with E-state index in [0.717, 1.165) is 167 Å². The van der Waals surface area contributed by atoms with Crippen molar-refractivity contribution >= 4 is 46.4 Å². The summed E-state index contributed by atoms with van der Waals surface area (Å²) < 4.78 is 9.57. The van der Waals surface area contributed by atoms with E-state index < -0.39 is 0 Å². The molecule has 64 heavy (non-hydrogen) atoms. The van der Waals surface area contributed by atoms with Crippen LogP contribution >= 0.6 is 0 Å². The van der Waals surface area contributed by atoms with Crippen molar-refractivity contribution in [3.63, 3.8) is 0 Å². The lowest BCUT2D eigenvalue weighted by Crippen LogP contribution is -2.36. The Bertz CT molecular complexity index is 2620. The minimum absolute atomic E-state index is 0.916. The topological polar surface area (TPSA) is 72.9 Å². The number of unbranched alkanes of at least 4 members (excludes halogenated alkanes) is 4. The molecule has 0 aromatic carbocycles. The van der Waals surface area contributed by atoms with Crippen LogP contribution in [0.3, 0.4) is 0 Å². The highest BCUT2D eigenvalue weighted by Gasteiger charge is 2.27. The first-order chi connectivity index (χ1) is 31.6. The molecule has 2 aliphatic rings. The highest BCUT2D eigenvalue weighted by molar-refractivity contribution is 5.97. The van der Waals surface area contributed by atoms with E-state index in [4.69, 9.17) is 9.97 Å². The summed E-state index contributed by atoms with van der Waals surface area (Å²) in [5.41, 5.74) is 16.5. The Morgan fingerprint density at radius 1 is 0.344 bits per heavy atom. The number of H-pyrrole nitrogens is 2. The van der Waals surface area contributed by atoms with E-state index in [0.29, 0.717) is 0 Å². The van der Waals surface area contributed by atoms with Crippen molar-refractivity contribution in [1.82, 2.24) is 19.9 Å². The van der Waals surface area contributed by atoms with Crippen molar-refractivity contribution in [1.29, 1.82) is 0 Å². The van der Waals surface area contributed by atoms with Crippen molar-refractivity contribution in [2.75, 3.05) is 0 Å². The summed E-state index contributed by atoms with van der Waals surface area (Å²) >= 11 is 0. The smallest absolute Gasteiger partial charge is 0.216 e. The van der Waals surface area contributed by atoms with Crippen molar-refractivity contribution < 1.29 is 18.3 Å². The maximum absolute atomic E-state index is 5.65. The Morgan fingerprint density at radius 3 is 0.828 bits per heavy atom. The maximum Gasteiger partial charge on any atom is 0.216 e. The molecule has 322 valence electrons. The number of hydrogen-bond acceptors (Lipinski definition) is 2. The Labute approximate surface area is 378 Å². The summed E-state index contributed by atoms with van der Waals surface area (Å²) in [5, 5.41) is 0. The van der Waals surface area contributed by atoms with Gasteiger partial charge in [0.25, 0.3) is 0 Å². The molecule has 0 amide bonds. The number of aryl methyl sites for hydroxylation is 4. The van der Waals surface area contributed by atoms with Gasteiger partial charge in [-0.1, -0.05) is 53.4 Å². The van der Waals surface area contributed by atoms with E-state index in [2.05, 4.69) is 202 Å². The molecule has 8 bridgehead atoms. The van der Waals surface area contributed by atoms with Crippen LogP contribution in [0.15, 0.2) is 122 Å². The summed E-state index contributed by atoms with van der Waals surface area (Å²) in [7, 11) is 0. The lowest BCUT2D eigenvalue weighted by atomic mass is 10.1. The second-order valence-electron chi connectivity index (χ2n) is 17.0.